The van der Waals surface area contributed by atoms with Crippen LogP contribution in [0.5, 0.6) is 0 Å². The smallest absolute Gasteiger partial charge is 0.0948 e. The molecule has 0 saturated heterocycles. The van der Waals surface area contributed by atoms with Gasteiger partial charge in [-0.1, -0.05) is 77.6 Å². The van der Waals surface area contributed by atoms with Crippen LogP contribution in [-0.2, 0) is 6.42 Å². The van der Waals surface area contributed by atoms with Crippen molar-refractivity contribution in [1.82, 2.24) is 0 Å². The van der Waals surface area contributed by atoms with E-state index in [-0.39, 0.29) is 0 Å². The molecular formula is C26H40N2S. The van der Waals surface area contributed by atoms with Crippen molar-refractivity contribution in [3.63, 3.8) is 0 Å². The molecule has 0 bridgehead atoms. The van der Waals surface area contributed by atoms with E-state index in [2.05, 4.69) is 69.0 Å². The van der Waals surface area contributed by atoms with Gasteiger partial charge in [-0.15, -0.1) is 11.3 Å². The van der Waals surface area contributed by atoms with E-state index in [0.29, 0.717) is 5.71 Å². The fourth-order valence-electron chi connectivity index (χ4n) is 2.00. The molecule has 0 unspecified atom stereocenters. The molecule has 2 rings (SSSR count). The predicted octanol–water partition coefficient (Wildman–Crippen LogP) is 8.55. The minimum Gasteiger partial charge on any atom is -0.343 e. The highest BCUT2D eigenvalue weighted by Crippen LogP contribution is 2.24. The van der Waals surface area contributed by atoms with Crippen LogP contribution in [0.1, 0.15) is 57.5 Å². The molecule has 0 amide bonds. The van der Waals surface area contributed by atoms with Gasteiger partial charge in [0.05, 0.1) is 10.7 Å². The lowest BCUT2D eigenvalue weighted by atomic mass is 10.1. The molecule has 3 heteroatoms. The molecule has 0 aliphatic carbocycles. The van der Waals surface area contributed by atoms with Crippen molar-refractivity contribution in [3.8, 4) is 0 Å². The third-order valence-corrected chi connectivity index (χ3v) is 4.61. The summed E-state index contributed by atoms with van der Waals surface area (Å²) in [5.74, 6) is 0. The molecule has 0 atom stereocenters. The molecule has 0 saturated carbocycles. The third-order valence-electron chi connectivity index (χ3n) is 3.52. The van der Waals surface area contributed by atoms with Gasteiger partial charge in [-0.2, -0.15) is 0 Å². The van der Waals surface area contributed by atoms with Crippen molar-refractivity contribution >= 4 is 28.1 Å². The quantitative estimate of drug-likeness (QED) is 0.473. The molecule has 160 valence electrons. The van der Waals surface area contributed by atoms with Crippen LogP contribution in [0.3, 0.4) is 0 Å². The van der Waals surface area contributed by atoms with Crippen LogP contribution >= 0.6 is 11.3 Å². The van der Waals surface area contributed by atoms with Crippen LogP contribution in [0.4, 0.5) is 5.00 Å². The van der Waals surface area contributed by atoms with Crippen molar-refractivity contribution < 1.29 is 0 Å². The van der Waals surface area contributed by atoms with Crippen molar-refractivity contribution in [3.05, 3.63) is 83.4 Å². The van der Waals surface area contributed by atoms with E-state index < -0.39 is 0 Å². The summed E-state index contributed by atoms with van der Waals surface area (Å²) in [5.41, 5.74) is 3.10. The Hall–Kier alpha value is -2.39. The zero-order valence-electron chi connectivity index (χ0n) is 19.6. The number of allylic oxidation sites excluding steroid dienone is 3. The van der Waals surface area contributed by atoms with Crippen LogP contribution < -0.4 is 4.90 Å². The molecule has 0 spiro atoms. The summed E-state index contributed by atoms with van der Waals surface area (Å²) in [6.07, 6.45) is 10.4. The van der Waals surface area contributed by atoms with Crippen molar-refractivity contribution in [2.45, 2.75) is 54.9 Å². The van der Waals surface area contributed by atoms with Gasteiger partial charge in [0.15, 0.2) is 0 Å². The predicted molar refractivity (Wildman–Crippen MR) is 138 cm³/mol. The summed E-state index contributed by atoms with van der Waals surface area (Å²) in [6, 6.07) is 12.8. The summed E-state index contributed by atoms with van der Waals surface area (Å²) < 4.78 is 0. The Morgan fingerprint density at radius 3 is 2.07 bits per heavy atom. The van der Waals surface area contributed by atoms with Crippen molar-refractivity contribution in [2.24, 2.45) is 0 Å². The van der Waals surface area contributed by atoms with E-state index in [9.17, 15) is 0 Å². The first-order chi connectivity index (χ1) is 14.0. The molecular weight excluding hydrogens is 372 g/mol. The maximum Gasteiger partial charge on any atom is 0.0948 e. The Morgan fingerprint density at radius 2 is 1.66 bits per heavy atom. The summed E-state index contributed by atoms with van der Waals surface area (Å²) in [7, 11) is 1.97. The van der Waals surface area contributed by atoms with Crippen LogP contribution in [0.15, 0.2) is 67.4 Å². The first kappa shape index (κ1) is 28.8. The summed E-state index contributed by atoms with van der Waals surface area (Å²) in [4.78, 5) is 3.29. The second-order valence-electron chi connectivity index (χ2n) is 5.57. The largest absolute Gasteiger partial charge is 0.343 e. The average molecular weight is 413 g/mol. The SMILES string of the molecule is C/C=C/c1ccc(CC)cc1.C=CC(=N)/C=C\N(C)c1ccc(C)s1.CC.CC. The van der Waals surface area contributed by atoms with E-state index >= 15 is 0 Å². The number of benzene rings is 1. The molecule has 1 aromatic heterocycles. The fraction of sp³-hybridized carbons (Fsp3) is 0.346. The number of hydrogen-bond acceptors (Lipinski definition) is 3. The van der Waals surface area contributed by atoms with Gasteiger partial charge in [-0.3, -0.25) is 0 Å². The highest BCUT2D eigenvalue weighted by molar-refractivity contribution is 7.16. The number of anilines is 1. The summed E-state index contributed by atoms with van der Waals surface area (Å²) >= 11 is 1.73. The molecule has 0 fully saturated rings. The number of aryl methyl sites for hydroxylation is 2. The van der Waals surface area contributed by atoms with Gasteiger partial charge in [-0.25, -0.2) is 0 Å². The fourth-order valence-corrected chi connectivity index (χ4v) is 2.81. The van der Waals surface area contributed by atoms with Crippen molar-refractivity contribution in [1.29, 1.82) is 5.41 Å². The van der Waals surface area contributed by atoms with Crippen LogP contribution in [0, 0.1) is 12.3 Å². The van der Waals surface area contributed by atoms with E-state index in [4.69, 9.17) is 5.41 Å². The molecule has 0 aliphatic heterocycles. The first-order valence-electron chi connectivity index (χ1n) is 10.4. The Bertz CT molecular complexity index is 721. The Labute approximate surface area is 183 Å². The standard InChI is InChI=1S/C11H14N2S.C11H14.2C2H6/c1-4-10(12)7-8-13(3)11-6-5-9(2)14-11;1-3-5-11-8-6-10(4-2)7-9-11;2*1-2/h4-8,12H,1H2,2-3H3;3,5-9H,4H2,1-2H3;2*1-2H3/b8-7-,12-10?;5-3+;;. The van der Waals surface area contributed by atoms with Crippen LogP contribution in [0.2, 0.25) is 0 Å². The maximum atomic E-state index is 7.37. The molecule has 0 aliphatic rings. The van der Waals surface area contributed by atoms with Gasteiger partial charge in [0.1, 0.15) is 0 Å². The molecule has 0 radical (unpaired) electrons. The second-order valence-corrected chi connectivity index (χ2v) is 6.83. The Morgan fingerprint density at radius 1 is 1.07 bits per heavy atom. The Kier molecular flexibility index (Phi) is 18.8. The number of nitrogens with one attached hydrogen (secondary N) is 1. The highest BCUT2D eigenvalue weighted by atomic mass is 32.1. The molecule has 1 N–H and O–H groups in total. The van der Waals surface area contributed by atoms with Crippen molar-refractivity contribution in [2.75, 3.05) is 11.9 Å². The monoisotopic (exact) mass is 412 g/mol. The maximum absolute atomic E-state index is 7.37. The number of hydrogen-bond donors (Lipinski definition) is 1. The lowest BCUT2D eigenvalue weighted by molar-refractivity contribution is 1.14. The van der Waals surface area contributed by atoms with Gasteiger partial charge in [0.25, 0.3) is 0 Å². The average Bonchev–Trinajstić information content (AvgIpc) is 3.22. The molecule has 1 aromatic carbocycles. The third kappa shape index (κ3) is 13.4. The van der Waals surface area contributed by atoms with E-state index in [0.717, 1.165) is 6.42 Å². The topological polar surface area (TPSA) is 27.1 Å². The Balaban J connectivity index is 0. The number of nitrogens with zero attached hydrogens (tertiary/aromatic N) is 1. The molecule has 29 heavy (non-hydrogen) atoms. The van der Waals surface area contributed by atoms with E-state index in [1.807, 2.05) is 52.8 Å². The zero-order valence-corrected chi connectivity index (χ0v) is 20.4. The minimum atomic E-state index is 0.421. The van der Waals surface area contributed by atoms with Gasteiger partial charge in [0.2, 0.25) is 0 Å². The normalized spacial score (nSPS) is 9.52. The van der Waals surface area contributed by atoms with Gasteiger partial charge >= 0.3 is 0 Å². The van der Waals surface area contributed by atoms with Crippen LogP contribution in [-0.4, -0.2) is 12.8 Å². The van der Waals surface area contributed by atoms with Gasteiger partial charge in [-0.05, 0) is 55.7 Å². The number of thiophene rings is 1. The first-order valence-corrected chi connectivity index (χ1v) is 11.2. The lowest BCUT2D eigenvalue weighted by Crippen LogP contribution is -2.06. The van der Waals surface area contributed by atoms with Gasteiger partial charge in [0, 0.05) is 18.1 Å². The lowest BCUT2D eigenvalue weighted by Gasteiger charge is -2.09. The van der Waals surface area contributed by atoms with E-state index in [1.165, 1.54) is 27.1 Å². The zero-order chi connectivity index (χ0) is 22.7. The van der Waals surface area contributed by atoms with Crippen LogP contribution in [0.25, 0.3) is 6.08 Å². The van der Waals surface area contributed by atoms with E-state index in [1.54, 1.807) is 17.4 Å². The molecule has 2 aromatic rings. The van der Waals surface area contributed by atoms with Gasteiger partial charge < -0.3 is 10.3 Å². The summed E-state index contributed by atoms with van der Waals surface area (Å²) in [5, 5.41) is 8.55. The number of rotatable bonds is 6. The summed E-state index contributed by atoms with van der Waals surface area (Å²) in [6.45, 7) is 17.8. The highest BCUT2D eigenvalue weighted by Gasteiger charge is 1.98. The minimum absolute atomic E-state index is 0.421. The second kappa shape index (κ2) is 18.9. The molecule has 1 heterocycles. The molecule has 2 nitrogen and oxygen atoms in total.